The molecule has 0 aromatic heterocycles. The first-order valence-corrected chi connectivity index (χ1v) is 9.20. The Balaban J connectivity index is 1.91. The fourth-order valence-corrected chi connectivity index (χ4v) is 3.61. The standard InChI is InChI=1S/C13H17ClN4O6S/c14-11-2-1-10(9-12(11)18(21)22)25(23,24)15-3-4-16-5-7-17(8-6-16)13(19)20/h1-2,9,15H,3-8H2,(H,19,20). The van der Waals surface area contributed by atoms with E-state index in [0.29, 0.717) is 32.7 Å². The molecule has 1 aliphatic heterocycles. The summed E-state index contributed by atoms with van der Waals surface area (Å²) in [4.78, 5) is 23.9. The lowest BCUT2D eigenvalue weighted by Crippen LogP contribution is -2.49. The first-order valence-electron chi connectivity index (χ1n) is 7.34. The summed E-state index contributed by atoms with van der Waals surface area (Å²) >= 11 is 5.67. The van der Waals surface area contributed by atoms with E-state index in [1.165, 1.54) is 17.0 Å². The Kier molecular flexibility index (Phi) is 6.16. The van der Waals surface area contributed by atoms with Crippen LogP contribution >= 0.6 is 11.6 Å². The second kappa shape index (κ2) is 7.95. The van der Waals surface area contributed by atoms with E-state index < -0.39 is 26.7 Å². The molecule has 0 atom stereocenters. The van der Waals surface area contributed by atoms with E-state index >= 15 is 0 Å². The summed E-state index contributed by atoms with van der Waals surface area (Å²) in [6.45, 7) is 2.27. The van der Waals surface area contributed by atoms with E-state index in [1.54, 1.807) is 0 Å². The zero-order valence-electron chi connectivity index (χ0n) is 13.1. The summed E-state index contributed by atoms with van der Waals surface area (Å²) in [5.41, 5.74) is -0.477. The van der Waals surface area contributed by atoms with E-state index in [9.17, 15) is 23.3 Å². The molecule has 1 aromatic carbocycles. The molecule has 2 rings (SSSR count). The first kappa shape index (κ1) is 19.4. The number of nitro groups is 1. The molecule has 0 radical (unpaired) electrons. The van der Waals surface area contributed by atoms with Crippen LogP contribution in [0, 0.1) is 10.1 Å². The quantitative estimate of drug-likeness (QED) is 0.540. The Morgan fingerprint density at radius 3 is 2.52 bits per heavy atom. The number of nitrogens with zero attached hydrogens (tertiary/aromatic N) is 3. The van der Waals surface area contributed by atoms with Crippen LogP contribution in [-0.2, 0) is 10.0 Å². The third-order valence-corrected chi connectivity index (χ3v) is 5.57. The summed E-state index contributed by atoms with van der Waals surface area (Å²) in [5.74, 6) is 0. The lowest BCUT2D eigenvalue weighted by atomic mass is 10.3. The number of sulfonamides is 1. The van der Waals surface area contributed by atoms with Crippen molar-refractivity contribution in [3.63, 3.8) is 0 Å². The van der Waals surface area contributed by atoms with Crippen LogP contribution in [-0.4, -0.2) is 73.6 Å². The molecule has 0 saturated carbocycles. The van der Waals surface area contributed by atoms with Crippen molar-refractivity contribution < 1.29 is 23.2 Å². The fraction of sp³-hybridized carbons (Fsp3) is 0.462. The topological polar surface area (TPSA) is 133 Å². The molecule has 138 valence electrons. The van der Waals surface area contributed by atoms with Gasteiger partial charge in [-0.05, 0) is 12.1 Å². The zero-order chi connectivity index (χ0) is 18.6. The Labute approximate surface area is 149 Å². The molecule has 12 heteroatoms. The van der Waals surface area contributed by atoms with Crippen molar-refractivity contribution in [2.24, 2.45) is 0 Å². The molecule has 1 saturated heterocycles. The first-order chi connectivity index (χ1) is 11.7. The third-order valence-electron chi connectivity index (χ3n) is 3.79. The van der Waals surface area contributed by atoms with Gasteiger partial charge in [0, 0.05) is 45.3 Å². The maximum absolute atomic E-state index is 12.2. The highest BCUT2D eigenvalue weighted by molar-refractivity contribution is 7.89. The van der Waals surface area contributed by atoms with E-state index in [0.717, 1.165) is 6.07 Å². The van der Waals surface area contributed by atoms with Gasteiger partial charge in [-0.25, -0.2) is 17.9 Å². The summed E-state index contributed by atoms with van der Waals surface area (Å²) in [6.07, 6.45) is -0.968. The molecule has 25 heavy (non-hydrogen) atoms. The number of piperazine rings is 1. The molecule has 1 aliphatic rings. The molecule has 1 aromatic rings. The summed E-state index contributed by atoms with van der Waals surface area (Å²) < 4.78 is 26.8. The van der Waals surface area contributed by atoms with Gasteiger partial charge < -0.3 is 10.0 Å². The summed E-state index contributed by atoms with van der Waals surface area (Å²) in [7, 11) is -3.90. The number of carboxylic acid groups (broad SMARTS) is 1. The van der Waals surface area contributed by atoms with Crippen molar-refractivity contribution in [1.29, 1.82) is 0 Å². The van der Waals surface area contributed by atoms with Crippen molar-refractivity contribution in [3.05, 3.63) is 33.3 Å². The molecular formula is C13H17ClN4O6S. The second-order valence-electron chi connectivity index (χ2n) is 5.38. The minimum Gasteiger partial charge on any atom is -0.465 e. The molecule has 10 nitrogen and oxygen atoms in total. The Morgan fingerprint density at radius 1 is 1.32 bits per heavy atom. The average Bonchev–Trinajstić information content (AvgIpc) is 2.55. The van der Waals surface area contributed by atoms with E-state index in [2.05, 4.69) is 4.72 Å². The molecule has 0 spiro atoms. The van der Waals surface area contributed by atoms with Gasteiger partial charge in [0.25, 0.3) is 5.69 Å². The van der Waals surface area contributed by atoms with Crippen LogP contribution in [0.1, 0.15) is 0 Å². The van der Waals surface area contributed by atoms with Crippen molar-refractivity contribution in [1.82, 2.24) is 14.5 Å². The fourth-order valence-electron chi connectivity index (χ4n) is 2.38. The van der Waals surface area contributed by atoms with E-state index in [-0.39, 0.29) is 16.5 Å². The predicted molar refractivity (Wildman–Crippen MR) is 89.3 cm³/mol. The Morgan fingerprint density at radius 2 is 1.96 bits per heavy atom. The van der Waals surface area contributed by atoms with E-state index in [1.807, 2.05) is 4.90 Å². The Bertz CT molecular complexity index is 764. The summed E-state index contributed by atoms with van der Waals surface area (Å²) in [5, 5.41) is 19.6. The van der Waals surface area contributed by atoms with Gasteiger partial charge >= 0.3 is 6.09 Å². The van der Waals surface area contributed by atoms with Crippen LogP contribution in [0.5, 0.6) is 0 Å². The number of nitro benzene ring substituents is 1. The van der Waals surface area contributed by atoms with Crippen molar-refractivity contribution in [2.45, 2.75) is 4.90 Å². The van der Waals surface area contributed by atoms with Crippen LogP contribution < -0.4 is 4.72 Å². The molecule has 1 amide bonds. The molecular weight excluding hydrogens is 376 g/mol. The van der Waals surface area contributed by atoms with Crippen LogP contribution in [0.3, 0.4) is 0 Å². The molecule has 0 aliphatic carbocycles. The minimum atomic E-state index is -3.90. The van der Waals surface area contributed by atoms with Gasteiger partial charge in [0.1, 0.15) is 5.02 Å². The van der Waals surface area contributed by atoms with Crippen LogP contribution in [0.2, 0.25) is 5.02 Å². The molecule has 0 unspecified atom stereocenters. The number of hydrogen-bond acceptors (Lipinski definition) is 6. The van der Waals surface area contributed by atoms with Crippen molar-refractivity contribution in [3.8, 4) is 0 Å². The number of halogens is 1. The highest BCUT2D eigenvalue weighted by Crippen LogP contribution is 2.26. The largest absolute Gasteiger partial charge is 0.465 e. The van der Waals surface area contributed by atoms with Crippen molar-refractivity contribution in [2.75, 3.05) is 39.3 Å². The minimum absolute atomic E-state index is 0.103. The number of carbonyl (C=O) groups is 1. The highest BCUT2D eigenvalue weighted by Gasteiger charge is 2.22. The predicted octanol–water partition coefficient (Wildman–Crippen LogP) is 0.822. The molecule has 1 fully saturated rings. The lowest BCUT2D eigenvalue weighted by Gasteiger charge is -2.32. The van der Waals surface area contributed by atoms with Crippen molar-refractivity contribution >= 4 is 33.4 Å². The smallest absolute Gasteiger partial charge is 0.407 e. The van der Waals surface area contributed by atoms with Gasteiger partial charge in [0.2, 0.25) is 10.0 Å². The third kappa shape index (κ3) is 5.01. The molecule has 2 N–H and O–H groups in total. The number of hydrogen-bond donors (Lipinski definition) is 2. The maximum atomic E-state index is 12.2. The Hall–Kier alpha value is -1.95. The normalized spacial score (nSPS) is 16.0. The van der Waals surface area contributed by atoms with Gasteiger partial charge in [-0.2, -0.15) is 0 Å². The SMILES string of the molecule is O=C(O)N1CCN(CCNS(=O)(=O)c2ccc(Cl)c([N+](=O)[O-])c2)CC1. The summed E-state index contributed by atoms with van der Waals surface area (Å²) in [6, 6.07) is 3.28. The zero-order valence-corrected chi connectivity index (χ0v) is 14.7. The number of amides is 1. The van der Waals surface area contributed by atoms with Gasteiger partial charge in [0.15, 0.2) is 0 Å². The maximum Gasteiger partial charge on any atom is 0.407 e. The number of benzene rings is 1. The second-order valence-corrected chi connectivity index (χ2v) is 7.55. The van der Waals surface area contributed by atoms with Gasteiger partial charge in [-0.15, -0.1) is 0 Å². The van der Waals surface area contributed by atoms with E-state index in [4.69, 9.17) is 16.7 Å². The highest BCUT2D eigenvalue weighted by atomic mass is 35.5. The lowest BCUT2D eigenvalue weighted by molar-refractivity contribution is -0.384. The van der Waals surface area contributed by atoms with Crippen LogP contribution in [0.4, 0.5) is 10.5 Å². The monoisotopic (exact) mass is 392 g/mol. The molecule has 0 bridgehead atoms. The van der Waals surface area contributed by atoms with Crippen LogP contribution in [0.15, 0.2) is 23.1 Å². The van der Waals surface area contributed by atoms with Gasteiger partial charge in [-0.3, -0.25) is 15.0 Å². The van der Waals surface area contributed by atoms with Crippen LogP contribution in [0.25, 0.3) is 0 Å². The number of nitrogens with one attached hydrogen (secondary N) is 1. The van der Waals surface area contributed by atoms with Gasteiger partial charge in [0.05, 0.1) is 9.82 Å². The molecule has 1 heterocycles. The number of rotatable bonds is 6. The average molecular weight is 393 g/mol. The van der Waals surface area contributed by atoms with Gasteiger partial charge in [-0.1, -0.05) is 11.6 Å².